The number of hydrogen-bond donors (Lipinski definition) is 1. The van der Waals surface area contributed by atoms with Gasteiger partial charge < -0.3 is 5.11 Å². The molecule has 0 spiro atoms. The molecule has 0 saturated heterocycles. The normalized spacial score (nSPS) is 12.5. The lowest BCUT2D eigenvalue weighted by Gasteiger charge is -2.06. The molecule has 70 valence electrons. The van der Waals surface area contributed by atoms with Gasteiger partial charge >= 0.3 is 0 Å². The summed E-state index contributed by atoms with van der Waals surface area (Å²) in [5, 5.41) is 9.34. The van der Waals surface area contributed by atoms with E-state index in [0.29, 0.717) is 17.9 Å². The molecule has 13 heavy (non-hydrogen) atoms. The van der Waals surface area contributed by atoms with Crippen molar-refractivity contribution in [2.75, 3.05) is 5.88 Å². The van der Waals surface area contributed by atoms with Crippen LogP contribution in [0.1, 0.15) is 16.8 Å². The van der Waals surface area contributed by atoms with Crippen molar-refractivity contribution >= 4 is 17.4 Å². The van der Waals surface area contributed by atoms with Crippen molar-refractivity contribution in [1.29, 1.82) is 0 Å². The fourth-order valence-electron chi connectivity index (χ4n) is 1.03. The second kappa shape index (κ2) is 5.00. The van der Waals surface area contributed by atoms with Crippen LogP contribution in [0, 0.1) is 0 Å². The van der Waals surface area contributed by atoms with Gasteiger partial charge in [-0.25, -0.2) is 0 Å². The van der Waals surface area contributed by atoms with E-state index in [4.69, 9.17) is 11.6 Å². The molecule has 0 amide bonds. The molecule has 1 atom stereocenters. The molecule has 0 aromatic heterocycles. The average molecular weight is 199 g/mol. The van der Waals surface area contributed by atoms with Crippen LogP contribution in [0.3, 0.4) is 0 Å². The van der Waals surface area contributed by atoms with Gasteiger partial charge in [0.1, 0.15) is 6.10 Å². The van der Waals surface area contributed by atoms with Crippen LogP contribution < -0.4 is 0 Å². The molecule has 0 unspecified atom stereocenters. The predicted molar refractivity (Wildman–Crippen MR) is 52.1 cm³/mol. The Kier molecular flexibility index (Phi) is 3.93. The van der Waals surface area contributed by atoms with Crippen LogP contribution in [0.15, 0.2) is 30.3 Å². The van der Waals surface area contributed by atoms with E-state index in [1.165, 1.54) is 0 Å². The first kappa shape index (κ1) is 10.2. The molecule has 0 radical (unpaired) electrons. The summed E-state index contributed by atoms with van der Waals surface area (Å²) in [5.74, 6) is 0.0287. The number of ketones is 1. The molecule has 0 aliphatic carbocycles. The number of carbonyl (C=O) groups excluding carboxylic acids is 1. The molecule has 1 aromatic carbocycles. The van der Waals surface area contributed by atoms with E-state index < -0.39 is 6.10 Å². The Hall–Kier alpha value is -0.860. The van der Waals surface area contributed by atoms with E-state index in [1.807, 2.05) is 6.07 Å². The van der Waals surface area contributed by atoms with Crippen LogP contribution >= 0.6 is 11.6 Å². The lowest BCUT2D eigenvalue weighted by atomic mass is 10.1. The van der Waals surface area contributed by atoms with Gasteiger partial charge in [-0.2, -0.15) is 0 Å². The Labute approximate surface area is 82.2 Å². The van der Waals surface area contributed by atoms with E-state index in [9.17, 15) is 9.90 Å². The fourth-order valence-corrected chi connectivity index (χ4v) is 1.24. The van der Waals surface area contributed by atoms with E-state index >= 15 is 0 Å². The molecule has 0 bridgehead atoms. The number of rotatable bonds is 4. The van der Waals surface area contributed by atoms with Gasteiger partial charge in [0.25, 0.3) is 0 Å². The molecule has 1 aromatic rings. The van der Waals surface area contributed by atoms with Crippen LogP contribution in [0.5, 0.6) is 0 Å². The highest BCUT2D eigenvalue weighted by Gasteiger charge is 2.15. The van der Waals surface area contributed by atoms with E-state index in [1.54, 1.807) is 24.3 Å². The number of aliphatic hydroxyl groups excluding tert-OH is 1. The molecule has 2 nitrogen and oxygen atoms in total. The van der Waals surface area contributed by atoms with Crippen LogP contribution in [0.2, 0.25) is 0 Å². The van der Waals surface area contributed by atoms with Gasteiger partial charge in [0, 0.05) is 11.4 Å². The summed E-state index contributed by atoms with van der Waals surface area (Å²) in [7, 11) is 0. The highest BCUT2D eigenvalue weighted by Crippen LogP contribution is 2.06. The number of Topliss-reactive ketones (excluding diaryl/α,β-unsaturated/α-hetero) is 1. The maximum Gasteiger partial charge on any atom is 0.191 e. The molecule has 0 saturated carbocycles. The summed E-state index contributed by atoms with van der Waals surface area (Å²) in [6, 6.07) is 8.71. The van der Waals surface area contributed by atoms with E-state index in [0.717, 1.165) is 0 Å². The van der Waals surface area contributed by atoms with Gasteiger partial charge in [-0.15, -0.1) is 11.6 Å². The van der Waals surface area contributed by atoms with Crippen molar-refractivity contribution < 1.29 is 9.90 Å². The largest absolute Gasteiger partial charge is 0.385 e. The third kappa shape index (κ3) is 2.83. The minimum Gasteiger partial charge on any atom is -0.385 e. The second-order valence-electron chi connectivity index (χ2n) is 2.72. The topological polar surface area (TPSA) is 37.3 Å². The van der Waals surface area contributed by atoms with Gasteiger partial charge in [0.2, 0.25) is 0 Å². The lowest BCUT2D eigenvalue weighted by Crippen LogP contribution is -2.20. The van der Waals surface area contributed by atoms with Crippen LogP contribution in [-0.4, -0.2) is 22.9 Å². The second-order valence-corrected chi connectivity index (χ2v) is 3.10. The van der Waals surface area contributed by atoms with E-state index in [2.05, 4.69) is 0 Å². The maximum absolute atomic E-state index is 11.4. The highest BCUT2D eigenvalue weighted by atomic mass is 35.5. The quantitative estimate of drug-likeness (QED) is 0.592. The Morgan fingerprint density at radius 1 is 1.38 bits per heavy atom. The Morgan fingerprint density at radius 3 is 2.54 bits per heavy atom. The van der Waals surface area contributed by atoms with Gasteiger partial charge in [-0.05, 0) is 6.42 Å². The molecule has 0 heterocycles. The lowest BCUT2D eigenvalue weighted by molar-refractivity contribution is 0.0742. The molecular formula is C10H11ClO2. The van der Waals surface area contributed by atoms with Gasteiger partial charge in [0.15, 0.2) is 5.78 Å². The molecule has 0 fully saturated rings. The Bertz CT molecular complexity index is 272. The first-order chi connectivity index (χ1) is 6.25. The smallest absolute Gasteiger partial charge is 0.191 e. The van der Waals surface area contributed by atoms with Crippen molar-refractivity contribution in [3.63, 3.8) is 0 Å². The zero-order valence-corrected chi connectivity index (χ0v) is 7.87. The molecule has 0 aliphatic rings. The van der Waals surface area contributed by atoms with Crippen LogP contribution in [0.25, 0.3) is 0 Å². The zero-order chi connectivity index (χ0) is 9.68. The predicted octanol–water partition coefficient (Wildman–Crippen LogP) is 1.86. The van der Waals surface area contributed by atoms with Crippen molar-refractivity contribution in [3.05, 3.63) is 35.9 Å². The van der Waals surface area contributed by atoms with E-state index in [-0.39, 0.29) is 5.78 Å². The van der Waals surface area contributed by atoms with Crippen molar-refractivity contribution in [3.8, 4) is 0 Å². The number of halogens is 1. The SMILES string of the molecule is O=C(c1ccccc1)[C@H](O)CCCl. The van der Waals surface area contributed by atoms with Crippen molar-refractivity contribution in [2.45, 2.75) is 12.5 Å². The zero-order valence-electron chi connectivity index (χ0n) is 7.11. The maximum atomic E-state index is 11.4. The Morgan fingerprint density at radius 2 is 2.00 bits per heavy atom. The molecular weight excluding hydrogens is 188 g/mol. The Balaban J connectivity index is 2.68. The van der Waals surface area contributed by atoms with Gasteiger partial charge in [-0.1, -0.05) is 30.3 Å². The summed E-state index contributed by atoms with van der Waals surface area (Å²) < 4.78 is 0. The first-order valence-electron chi connectivity index (χ1n) is 4.09. The summed E-state index contributed by atoms with van der Waals surface area (Å²) in [5.41, 5.74) is 0.528. The summed E-state index contributed by atoms with van der Waals surface area (Å²) in [6.45, 7) is 0. The standard InChI is InChI=1S/C10H11ClO2/c11-7-6-9(12)10(13)8-4-2-1-3-5-8/h1-5,9,12H,6-7H2/t9-/m1/s1. The minimum atomic E-state index is -0.972. The first-order valence-corrected chi connectivity index (χ1v) is 4.62. The number of aliphatic hydroxyl groups is 1. The summed E-state index contributed by atoms with van der Waals surface area (Å²) in [6.07, 6.45) is -0.671. The van der Waals surface area contributed by atoms with Crippen LogP contribution in [0.4, 0.5) is 0 Å². The number of alkyl halides is 1. The van der Waals surface area contributed by atoms with Crippen molar-refractivity contribution in [1.82, 2.24) is 0 Å². The molecule has 0 aliphatic heterocycles. The third-order valence-corrected chi connectivity index (χ3v) is 1.96. The number of benzene rings is 1. The summed E-state index contributed by atoms with van der Waals surface area (Å²) in [4.78, 5) is 11.4. The highest BCUT2D eigenvalue weighted by molar-refractivity contribution is 6.18. The molecule has 1 rings (SSSR count). The van der Waals surface area contributed by atoms with Crippen LogP contribution in [-0.2, 0) is 0 Å². The molecule has 1 N–H and O–H groups in total. The fraction of sp³-hybridized carbons (Fsp3) is 0.300. The van der Waals surface area contributed by atoms with Gasteiger partial charge in [-0.3, -0.25) is 4.79 Å². The minimum absolute atomic E-state index is 0.263. The number of carbonyl (C=O) groups is 1. The number of hydrogen-bond acceptors (Lipinski definition) is 2. The van der Waals surface area contributed by atoms with Crippen molar-refractivity contribution in [2.24, 2.45) is 0 Å². The van der Waals surface area contributed by atoms with Gasteiger partial charge in [0.05, 0.1) is 0 Å². The third-order valence-electron chi connectivity index (χ3n) is 1.74. The molecule has 3 heteroatoms. The monoisotopic (exact) mass is 198 g/mol. The summed E-state index contributed by atoms with van der Waals surface area (Å²) >= 11 is 5.42. The average Bonchev–Trinajstić information content (AvgIpc) is 2.18.